The zero-order valence-corrected chi connectivity index (χ0v) is 9.65. The van der Waals surface area contributed by atoms with Crippen molar-refractivity contribution in [2.75, 3.05) is 19.6 Å². The third-order valence-electron chi connectivity index (χ3n) is 2.22. The van der Waals surface area contributed by atoms with Gasteiger partial charge in [0.05, 0.1) is 0 Å². The summed E-state index contributed by atoms with van der Waals surface area (Å²) in [4.78, 5) is 12.5. The zero-order chi connectivity index (χ0) is 8.97. The van der Waals surface area contributed by atoms with Gasteiger partial charge in [-0.2, -0.15) is 0 Å². The van der Waals surface area contributed by atoms with Crippen molar-refractivity contribution in [3.05, 3.63) is 0 Å². The second-order valence-electron chi connectivity index (χ2n) is 3.31. The average molecular weight is 245 g/mol. The van der Waals surface area contributed by atoms with Crippen LogP contribution in [0.4, 0.5) is 0 Å². The second-order valence-corrected chi connectivity index (χ2v) is 3.31. The van der Waals surface area contributed by atoms with E-state index in [0.29, 0.717) is 6.54 Å². The van der Waals surface area contributed by atoms with Crippen molar-refractivity contribution in [2.45, 2.75) is 25.3 Å². The molecule has 0 aromatic heterocycles. The number of nitrogens with zero attached hydrogens (tertiary/aromatic N) is 1. The van der Waals surface area contributed by atoms with E-state index in [0.717, 1.165) is 13.1 Å². The van der Waals surface area contributed by atoms with Crippen LogP contribution in [0.3, 0.4) is 0 Å². The number of piperidine rings is 1. The van der Waals surface area contributed by atoms with Gasteiger partial charge in [0.2, 0.25) is 0 Å². The Bertz CT molecular complexity index is 163. The first-order valence-corrected chi connectivity index (χ1v) is 4.41. The maximum absolute atomic E-state index is 10.4. The molecule has 1 aliphatic heterocycles. The van der Waals surface area contributed by atoms with Crippen molar-refractivity contribution < 1.29 is 9.90 Å². The van der Waals surface area contributed by atoms with E-state index in [9.17, 15) is 4.79 Å². The molecule has 1 saturated heterocycles. The van der Waals surface area contributed by atoms with E-state index in [1.54, 1.807) is 0 Å². The van der Waals surface area contributed by atoms with Crippen LogP contribution in [0.1, 0.15) is 19.3 Å². The number of carboxylic acids is 1. The summed E-state index contributed by atoms with van der Waals surface area (Å²) in [5.74, 6) is -0.902. The quantitative estimate of drug-likeness (QED) is 0.769. The van der Waals surface area contributed by atoms with Crippen LogP contribution in [0, 0.1) is 0 Å². The summed E-state index contributed by atoms with van der Waals surface area (Å²) < 4.78 is 0. The third kappa shape index (κ3) is 5.65. The van der Waals surface area contributed by atoms with Gasteiger partial charge >= 0.3 is 5.97 Å². The number of rotatable bonds is 3. The molecular formula is C8H18Cl2N2O2. The molecule has 1 atom stereocenters. The molecule has 0 aromatic carbocycles. The highest BCUT2D eigenvalue weighted by atomic mass is 35.5. The summed E-state index contributed by atoms with van der Waals surface area (Å²) in [7, 11) is 0. The number of likely N-dealkylation sites (tertiary alicyclic amines) is 1. The van der Waals surface area contributed by atoms with Crippen LogP contribution >= 0.6 is 24.8 Å². The fourth-order valence-electron chi connectivity index (χ4n) is 1.50. The Morgan fingerprint density at radius 3 is 2.21 bits per heavy atom. The molecule has 14 heavy (non-hydrogen) atoms. The van der Waals surface area contributed by atoms with Crippen LogP contribution in [-0.2, 0) is 4.79 Å². The summed E-state index contributed by atoms with van der Waals surface area (Å²) in [5.41, 5.74) is 5.41. The zero-order valence-electron chi connectivity index (χ0n) is 8.02. The lowest BCUT2D eigenvalue weighted by atomic mass is 10.1. The molecule has 0 saturated carbocycles. The number of aliphatic carboxylic acids is 1. The number of carboxylic acid groups (broad SMARTS) is 1. The van der Waals surface area contributed by atoms with E-state index in [2.05, 4.69) is 4.90 Å². The first-order valence-electron chi connectivity index (χ1n) is 4.41. The van der Waals surface area contributed by atoms with Crippen molar-refractivity contribution in [3.8, 4) is 0 Å². The normalized spacial score (nSPS) is 18.9. The number of halogens is 2. The first-order chi connectivity index (χ1) is 5.70. The van der Waals surface area contributed by atoms with Crippen LogP contribution < -0.4 is 5.73 Å². The van der Waals surface area contributed by atoms with Crippen molar-refractivity contribution in [2.24, 2.45) is 5.73 Å². The van der Waals surface area contributed by atoms with Gasteiger partial charge in [-0.25, -0.2) is 0 Å². The van der Waals surface area contributed by atoms with Gasteiger partial charge in [-0.3, -0.25) is 4.79 Å². The second kappa shape index (κ2) is 8.29. The van der Waals surface area contributed by atoms with Gasteiger partial charge in [-0.1, -0.05) is 6.42 Å². The maximum atomic E-state index is 10.4. The largest absolute Gasteiger partial charge is 0.480 e. The molecule has 6 heteroatoms. The molecule has 0 amide bonds. The standard InChI is InChI=1S/C8H16N2O2.2ClH/c9-7(8(11)12)6-10-4-2-1-3-5-10;;/h7H,1-6,9H2,(H,11,12);2*1H. The van der Waals surface area contributed by atoms with E-state index in [1.165, 1.54) is 19.3 Å². The molecular weight excluding hydrogens is 227 g/mol. The molecule has 1 rings (SSSR count). The predicted octanol–water partition coefficient (Wildman–Crippen LogP) is 0.728. The predicted molar refractivity (Wildman–Crippen MR) is 60.4 cm³/mol. The summed E-state index contributed by atoms with van der Waals surface area (Å²) in [5, 5.41) is 8.56. The highest BCUT2D eigenvalue weighted by molar-refractivity contribution is 5.85. The molecule has 4 nitrogen and oxygen atoms in total. The Balaban J connectivity index is 0. The van der Waals surface area contributed by atoms with Gasteiger partial charge in [0.15, 0.2) is 0 Å². The summed E-state index contributed by atoms with van der Waals surface area (Å²) in [6.07, 6.45) is 3.61. The van der Waals surface area contributed by atoms with E-state index in [4.69, 9.17) is 10.8 Å². The summed E-state index contributed by atoms with van der Waals surface area (Å²) >= 11 is 0. The van der Waals surface area contributed by atoms with E-state index >= 15 is 0 Å². The molecule has 0 bridgehead atoms. The van der Waals surface area contributed by atoms with Crippen LogP contribution in [0.25, 0.3) is 0 Å². The van der Waals surface area contributed by atoms with Crippen molar-refractivity contribution >= 4 is 30.8 Å². The smallest absolute Gasteiger partial charge is 0.321 e. The van der Waals surface area contributed by atoms with Gasteiger partial charge in [0.25, 0.3) is 0 Å². The molecule has 1 heterocycles. The SMILES string of the molecule is Cl.Cl.NC(CN1CCCCC1)C(=O)O. The average Bonchev–Trinajstić information content (AvgIpc) is 2.06. The minimum Gasteiger partial charge on any atom is -0.480 e. The van der Waals surface area contributed by atoms with Crippen molar-refractivity contribution in [1.82, 2.24) is 4.90 Å². The summed E-state index contributed by atoms with van der Waals surface area (Å²) in [6, 6.07) is -0.719. The minimum atomic E-state index is -0.902. The Morgan fingerprint density at radius 1 is 1.29 bits per heavy atom. The lowest BCUT2D eigenvalue weighted by Gasteiger charge is -2.27. The molecule has 1 aliphatic rings. The lowest BCUT2D eigenvalue weighted by molar-refractivity contribution is -0.139. The van der Waals surface area contributed by atoms with Crippen LogP contribution in [0.5, 0.6) is 0 Å². The number of hydrogen-bond donors (Lipinski definition) is 2. The van der Waals surface area contributed by atoms with Crippen LogP contribution in [0.15, 0.2) is 0 Å². The molecule has 86 valence electrons. The molecule has 1 unspecified atom stereocenters. The Morgan fingerprint density at radius 2 is 1.79 bits per heavy atom. The number of hydrogen-bond acceptors (Lipinski definition) is 3. The molecule has 0 radical (unpaired) electrons. The maximum Gasteiger partial charge on any atom is 0.321 e. The third-order valence-corrected chi connectivity index (χ3v) is 2.22. The van der Waals surface area contributed by atoms with Crippen LogP contribution in [0.2, 0.25) is 0 Å². The van der Waals surface area contributed by atoms with Gasteiger partial charge in [-0.05, 0) is 25.9 Å². The van der Waals surface area contributed by atoms with E-state index in [-0.39, 0.29) is 24.8 Å². The summed E-state index contributed by atoms with van der Waals surface area (Å²) in [6.45, 7) is 2.50. The van der Waals surface area contributed by atoms with Crippen molar-refractivity contribution in [3.63, 3.8) is 0 Å². The molecule has 0 aromatic rings. The van der Waals surface area contributed by atoms with Gasteiger partial charge in [0.1, 0.15) is 6.04 Å². The highest BCUT2D eigenvalue weighted by Gasteiger charge is 2.17. The Labute approximate surface area is 96.6 Å². The van der Waals surface area contributed by atoms with E-state index in [1.807, 2.05) is 0 Å². The topological polar surface area (TPSA) is 66.6 Å². The first kappa shape index (κ1) is 16.4. The highest BCUT2D eigenvalue weighted by Crippen LogP contribution is 2.08. The molecule has 3 N–H and O–H groups in total. The Kier molecular flexibility index (Phi) is 9.72. The fraction of sp³-hybridized carbons (Fsp3) is 0.875. The number of carbonyl (C=O) groups is 1. The van der Waals surface area contributed by atoms with Gasteiger partial charge in [0, 0.05) is 6.54 Å². The monoisotopic (exact) mass is 244 g/mol. The Hall–Kier alpha value is -0.0300. The molecule has 0 spiro atoms. The number of nitrogens with two attached hydrogens (primary N) is 1. The van der Waals surface area contributed by atoms with Crippen molar-refractivity contribution in [1.29, 1.82) is 0 Å². The van der Waals surface area contributed by atoms with Crippen LogP contribution in [-0.4, -0.2) is 41.7 Å². The fourth-order valence-corrected chi connectivity index (χ4v) is 1.50. The molecule has 0 aliphatic carbocycles. The minimum absolute atomic E-state index is 0. The van der Waals surface area contributed by atoms with Gasteiger partial charge < -0.3 is 15.7 Å². The molecule has 1 fully saturated rings. The lowest BCUT2D eigenvalue weighted by Crippen LogP contribution is -2.44. The van der Waals surface area contributed by atoms with E-state index < -0.39 is 12.0 Å². The van der Waals surface area contributed by atoms with Gasteiger partial charge in [-0.15, -0.1) is 24.8 Å².